The summed E-state index contributed by atoms with van der Waals surface area (Å²) in [5, 5.41) is 19.6. The van der Waals surface area contributed by atoms with Gasteiger partial charge in [0.2, 0.25) is 0 Å². The molecule has 26 heavy (non-hydrogen) atoms. The molecule has 0 amide bonds. The number of aromatic nitrogens is 2. The highest BCUT2D eigenvalue weighted by molar-refractivity contribution is 8.03. The zero-order valence-electron chi connectivity index (χ0n) is 13.6. The van der Waals surface area contributed by atoms with Crippen LogP contribution < -0.4 is 0 Å². The second-order valence-corrected chi connectivity index (χ2v) is 8.78. The Labute approximate surface area is 162 Å². The lowest BCUT2D eigenvalue weighted by atomic mass is 10.0. The number of nitro benzene ring substituents is 1. The van der Waals surface area contributed by atoms with E-state index in [4.69, 9.17) is 0 Å². The van der Waals surface area contributed by atoms with Crippen LogP contribution in [0.3, 0.4) is 0 Å². The summed E-state index contributed by atoms with van der Waals surface area (Å²) in [6, 6.07) is 13.2. The molecular weight excluding hydrogens is 390 g/mol. The van der Waals surface area contributed by atoms with Gasteiger partial charge in [0, 0.05) is 17.2 Å². The van der Waals surface area contributed by atoms with Crippen LogP contribution in [0.5, 0.6) is 0 Å². The van der Waals surface area contributed by atoms with Crippen LogP contribution in [-0.2, 0) is 0 Å². The second kappa shape index (κ2) is 8.43. The summed E-state index contributed by atoms with van der Waals surface area (Å²) >= 11 is 4.15. The fraction of sp³-hybridized carbons (Fsp3) is 0.118. The molecule has 0 saturated carbocycles. The van der Waals surface area contributed by atoms with E-state index in [9.17, 15) is 14.9 Å². The number of rotatable bonds is 7. The number of carbonyl (C=O) groups is 1. The minimum atomic E-state index is -0.479. The standard InChI is InChI=1S/C17H13N3O3S3/c1-2-24-16-18-19-17(26-16)25-14-9-8-12(10-13(14)20(22)23)15(21)11-6-4-3-5-7-11/h3-10H,2H2,1H3. The Morgan fingerprint density at radius 1 is 1.12 bits per heavy atom. The van der Waals surface area contributed by atoms with Gasteiger partial charge in [0.1, 0.15) is 0 Å². The van der Waals surface area contributed by atoms with Crippen molar-refractivity contribution >= 4 is 46.3 Å². The van der Waals surface area contributed by atoms with Crippen LogP contribution in [0.25, 0.3) is 0 Å². The van der Waals surface area contributed by atoms with Crippen LogP contribution in [0.1, 0.15) is 22.8 Å². The second-order valence-electron chi connectivity index (χ2n) is 5.00. The summed E-state index contributed by atoms with van der Waals surface area (Å²) in [7, 11) is 0. The van der Waals surface area contributed by atoms with Gasteiger partial charge in [-0.15, -0.1) is 10.2 Å². The number of thioether (sulfide) groups is 1. The summed E-state index contributed by atoms with van der Waals surface area (Å²) in [6.07, 6.45) is 0. The number of carbonyl (C=O) groups excluding carboxylic acids is 1. The van der Waals surface area contributed by atoms with Crippen LogP contribution in [0.2, 0.25) is 0 Å². The lowest BCUT2D eigenvalue weighted by Crippen LogP contribution is -2.02. The number of nitrogens with zero attached hydrogens (tertiary/aromatic N) is 3. The van der Waals surface area contributed by atoms with E-state index in [2.05, 4.69) is 10.2 Å². The van der Waals surface area contributed by atoms with Gasteiger partial charge in [-0.1, -0.05) is 72.1 Å². The number of benzene rings is 2. The number of ketones is 1. The average molecular weight is 404 g/mol. The smallest absolute Gasteiger partial charge is 0.284 e. The van der Waals surface area contributed by atoms with Crippen molar-refractivity contribution in [2.24, 2.45) is 0 Å². The molecule has 0 spiro atoms. The van der Waals surface area contributed by atoms with Crippen molar-refractivity contribution in [1.82, 2.24) is 10.2 Å². The molecule has 3 rings (SSSR count). The molecule has 0 aliphatic carbocycles. The van der Waals surface area contributed by atoms with Crippen molar-refractivity contribution in [3.8, 4) is 0 Å². The normalized spacial score (nSPS) is 10.7. The summed E-state index contributed by atoms with van der Waals surface area (Å²) in [5.41, 5.74) is 0.663. The molecule has 3 aromatic rings. The van der Waals surface area contributed by atoms with Gasteiger partial charge >= 0.3 is 0 Å². The number of hydrogen-bond donors (Lipinski definition) is 0. The maximum atomic E-state index is 12.5. The molecule has 0 bridgehead atoms. The van der Waals surface area contributed by atoms with Crippen molar-refractivity contribution in [2.75, 3.05) is 5.75 Å². The lowest BCUT2D eigenvalue weighted by molar-refractivity contribution is -0.387. The molecule has 0 N–H and O–H groups in total. The summed E-state index contributed by atoms with van der Waals surface area (Å²) in [6.45, 7) is 2.02. The monoisotopic (exact) mass is 403 g/mol. The molecule has 0 aliphatic rings. The van der Waals surface area contributed by atoms with Gasteiger partial charge in [0.05, 0.1) is 9.82 Å². The third-order valence-electron chi connectivity index (χ3n) is 3.31. The van der Waals surface area contributed by atoms with E-state index in [1.165, 1.54) is 29.2 Å². The highest BCUT2D eigenvalue weighted by Crippen LogP contribution is 2.38. The Morgan fingerprint density at radius 3 is 2.54 bits per heavy atom. The quantitative estimate of drug-likeness (QED) is 0.239. The first kappa shape index (κ1) is 18.6. The highest BCUT2D eigenvalue weighted by Gasteiger charge is 2.20. The Hall–Kier alpha value is -2.23. The first-order chi connectivity index (χ1) is 12.6. The van der Waals surface area contributed by atoms with Crippen LogP contribution in [-0.4, -0.2) is 26.7 Å². The Bertz CT molecular complexity index is 945. The van der Waals surface area contributed by atoms with Gasteiger partial charge in [-0.25, -0.2) is 0 Å². The van der Waals surface area contributed by atoms with Crippen LogP contribution in [0, 0.1) is 10.1 Å². The largest absolute Gasteiger partial charge is 0.289 e. The van der Waals surface area contributed by atoms with E-state index in [0.29, 0.717) is 14.8 Å². The fourth-order valence-corrected chi connectivity index (χ4v) is 5.12. The Kier molecular flexibility index (Phi) is 6.02. The molecule has 2 aromatic carbocycles. The summed E-state index contributed by atoms with van der Waals surface area (Å²) in [5.74, 6) is 0.637. The zero-order valence-corrected chi connectivity index (χ0v) is 16.1. The van der Waals surface area contributed by atoms with Gasteiger partial charge in [0.15, 0.2) is 14.5 Å². The van der Waals surface area contributed by atoms with Crippen LogP contribution in [0.15, 0.2) is 62.1 Å². The van der Waals surface area contributed by atoms with Crippen LogP contribution in [0.4, 0.5) is 5.69 Å². The van der Waals surface area contributed by atoms with Crippen molar-refractivity contribution in [1.29, 1.82) is 0 Å². The van der Waals surface area contributed by atoms with Gasteiger partial charge < -0.3 is 0 Å². The Morgan fingerprint density at radius 2 is 1.85 bits per heavy atom. The topological polar surface area (TPSA) is 86.0 Å². The molecule has 0 atom stereocenters. The van der Waals surface area contributed by atoms with Gasteiger partial charge in [-0.3, -0.25) is 14.9 Å². The molecule has 6 nitrogen and oxygen atoms in total. The highest BCUT2D eigenvalue weighted by atomic mass is 32.2. The zero-order chi connectivity index (χ0) is 18.5. The van der Waals surface area contributed by atoms with Gasteiger partial charge in [-0.2, -0.15) is 0 Å². The first-order valence-electron chi connectivity index (χ1n) is 7.61. The molecule has 0 radical (unpaired) electrons. The van der Waals surface area contributed by atoms with Crippen LogP contribution >= 0.6 is 34.9 Å². The molecule has 0 fully saturated rings. The SMILES string of the molecule is CCSc1nnc(Sc2ccc(C(=O)c3ccccc3)cc2[N+](=O)[O-])s1. The molecule has 9 heteroatoms. The van der Waals surface area contributed by atoms with Gasteiger partial charge in [0.25, 0.3) is 5.69 Å². The van der Waals surface area contributed by atoms with E-state index in [1.807, 2.05) is 13.0 Å². The molecule has 0 aliphatic heterocycles. The molecular formula is C17H13N3O3S3. The minimum Gasteiger partial charge on any atom is -0.289 e. The first-order valence-corrected chi connectivity index (χ1v) is 10.2. The van der Waals surface area contributed by atoms with E-state index >= 15 is 0 Å². The van der Waals surface area contributed by atoms with E-state index in [-0.39, 0.29) is 17.0 Å². The predicted octanol–water partition coefficient (Wildman–Crippen LogP) is 4.94. The average Bonchev–Trinajstić information content (AvgIpc) is 3.09. The predicted molar refractivity (Wildman–Crippen MR) is 103 cm³/mol. The summed E-state index contributed by atoms with van der Waals surface area (Å²) in [4.78, 5) is 23.9. The molecule has 1 heterocycles. The van der Waals surface area contributed by atoms with Crippen molar-refractivity contribution in [3.05, 3.63) is 69.8 Å². The maximum Gasteiger partial charge on any atom is 0.284 e. The molecule has 1 aromatic heterocycles. The summed E-state index contributed by atoms with van der Waals surface area (Å²) < 4.78 is 1.46. The number of hydrogen-bond acceptors (Lipinski definition) is 8. The van der Waals surface area contributed by atoms with Crippen molar-refractivity contribution < 1.29 is 9.72 Å². The lowest BCUT2D eigenvalue weighted by Gasteiger charge is -2.04. The van der Waals surface area contributed by atoms with E-state index in [0.717, 1.165) is 10.1 Å². The third kappa shape index (κ3) is 4.29. The molecule has 132 valence electrons. The number of nitro groups is 1. The van der Waals surface area contributed by atoms with Gasteiger partial charge in [-0.05, 0) is 17.9 Å². The fourth-order valence-electron chi connectivity index (χ4n) is 2.16. The van der Waals surface area contributed by atoms with E-state index in [1.54, 1.807) is 48.2 Å². The van der Waals surface area contributed by atoms with Crippen molar-refractivity contribution in [2.45, 2.75) is 20.5 Å². The molecule has 0 unspecified atom stereocenters. The van der Waals surface area contributed by atoms with Crippen molar-refractivity contribution in [3.63, 3.8) is 0 Å². The Balaban J connectivity index is 1.89. The molecule has 0 saturated heterocycles. The minimum absolute atomic E-state index is 0.114. The maximum absolute atomic E-state index is 12.5. The van der Waals surface area contributed by atoms with E-state index < -0.39 is 4.92 Å². The third-order valence-corrected chi connectivity index (χ3v) is 6.36.